The standard InChI is InChI=1S/C17H14FN5O3S/c18-10-2-1-3-13(8-10)27(26)12-6-4-11(5-7-12)23-9-14(21-17(20)25)15(22-23)16(19)24/h1-9H,(H2,19,24)(H3,20,21,25). The molecule has 8 nitrogen and oxygen atoms in total. The average Bonchev–Trinajstić information content (AvgIpc) is 3.04. The second kappa shape index (κ2) is 7.48. The van der Waals surface area contributed by atoms with Crippen molar-refractivity contribution in [2.45, 2.75) is 9.79 Å². The van der Waals surface area contributed by atoms with E-state index in [0.29, 0.717) is 15.5 Å². The highest BCUT2D eigenvalue weighted by atomic mass is 32.2. The van der Waals surface area contributed by atoms with Crippen LogP contribution in [0.15, 0.2) is 64.5 Å². The molecular formula is C17H14FN5O3S. The fourth-order valence-corrected chi connectivity index (χ4v) is 3.43. The molecule has 27 heavy (non-hydrogen) atoms. The first kappa shape index (κ1) is 18.4. The summed E-state index contributed by atoms with van der Waals surface area (Å²) in [5.74, 6) is -1.30. The number of amides is 3. The van der Waals surface area contributed by atoms with Crippen LogP contribution < -0.4 is 16.8 Å². The zero-order valence-electron chi connectivity index (χ0n) is 13.8. The summed E-state index contributed by atoms with van der Waals surface area (Å²) in [6, 6.07) is 11.1. The predicted molar refractivity (Wildman–Crippen MR) is 96.4 cm³/mol. The van der Waals surface area contributed by atoms with Gasteiger partial charge in [-0.2, -0.15) is 5.10 Å². The molecule has 0 aliphatic rings. The normalized spacial score (nSPS) is 11.8. The van der Waals surface area contributed by atoms with Gasteiger partial charge in [-0.05, 0) is 36.4 Å². The van der Waals surface area contributed by atoms with E-state index in [-0.39, 0.29) is 11.4 Å². The highest BCUT2D eigenvalue weighted by Crippen LogP contribution is 2.23. The Bertz CT molecular complexity index is 1010. The monoisotopic (exact) mass is 387 g/mol. The van der Waals surface area contributed by atoms with Crippen molar-refractivity contribution >= 4 is 28.8 Å². The molecule has 0 aliphatic heterocycles. The first-order chi connectivity index (χ1) is 12.8. The second-order valence-corrected chi connectivity index (χ2v) is 6.89. The third-order valence-corrected chi connectivity index (χ3v) is 4.91. The molecule has 0 spiro atoms. The maximum atomic E-state index is 13.3. The van der Waals surface area contributed by atoms with Gasteiger partial charge in [0.15, 0.2) is 15.5 Å². The van der Waals surface area contributed by atoms with Crippen molar-refractivity contribution in [1.82, 2.24) is 9.78 Å². The largest absolute Gasteiger partial charge is 0.606 e. The van der Waals surface area contributed by atoms with Gasteiger partial charge in [-0.15, -0.1) is 0 Å². The lowest BCUT2D eigenvalue weighted by Gasteiger charge is -2.10. The zero-order valence-corrected chi connectivity index (χ0v) is 14.6. The van der Waals surface area contributed by atoms with Gasteiger partial charge in [-0.1, -0.05) is 6.07 Å². The molecule has 3 aromatic rings. The van der Waals surface area contributed by atoms with E-state index in [4.69, 9.17) is 11.5 Å². The maximum Gasteiger partial charge on any atom is 0.316 e. The number of carbonyl (C=O) groups is 2. The number of anilines is 1. The van der Waals surface area contributed by atoms with E-state index >= 15 is 0 Å². The minimum absolute atomic E-state index is 0.0717. The lowest BCUT2D eigenvalue weighted by molar-refractivity contribution is 0.0996. The number of halogens is 1. The van der Waals surface area contributed by atoms with Gasteiger partial charge in [-0.25, -0.2) is 13.9 Å². The highest BCUT2D eigenvalue weighted by Gasteiger charge is 2.18. The molecule has 1 unspecified atom stereocenters. The van der Waals surface area contributed by atoms with Gasteiger partial charge in [-0.3, -0.25) is 4.79 Å². The quantitative estimate of drug-likeness (QED) is 0.574. The Morgan fingerprint density at radius 3 is 2.41 bits per heavy atom. The Balaban J connectivity index is 1.89. The molecule has 1 aromatic heterocycles. The Kier molecular flexibility index (Phi) is 5.10. The van der Waals surface area contributed by atoms with Crippen LogP contribution in [0, 0.1) is 5.82 Å². The number of hydrogen-bond acceptors (Lipinski definition) is 4. The van der Waals surface area contributed by atoms with E-state index in [0.717, 1.165) is 0 Å². The minimum atomic E-state index is -1.55. The number of nitrogens with zero attached hydrogens (tertiary/aromatic N) is 2. The minimum Gasteiger partial charge on any atom is -0.606 e. The number of rotatable bonds is 5. The van der Waals surface area contributed by atoms with E-state index in [1.165, 1.54) is 29.1 Å². The fourth-order valence-electron chi connectivity index (χ4n) is 2.35. The summed E-state index contributed by atoms with van der Waals surface area (Å²) >= 11 is -1.55. The summed E-state index contributed by atoms with van der Waals surface area (Å²) in [6.07, 6.45) is 1.38. The Labute approximate surface area is 156 Å². The first-order valence-electron chi connectivity index (χ1n) is 7.59. The molecule has 1 atom stereocenters. The Morgan fingerprint density at radius 2 is 1.81 bits per heavy atom. The van der Waals surface area contributed by atoms with Crippen LogP contribution >= 0.6 is 0 Å². The smallest absolute Gasteiger partial charge is 0.316 e. The van der Waals surface area contributed by atoms with Crippen LogP contribution in [0.4, 0.5) is 14.9 Å². The molecule has 0 radical (unpaired) electrons. The number of hydrogen-bond donors (Lipinski definition) is 3. The third-order valence-electron chi connectivity index (χ3n) is 3.53. The van der Waals surface area contributed by atoms with E-state index in [9.17, 15) is 18.5 Å². The van der Waals surface area contributed by atoms with Crippen LogP contribution in [0.5, 0.6) is 0 Å². The van der Waals surface area contributed by atoms with Crippen molar-refractivity contribution in [3.8, 4) is 5.69 Å². The molecule has 138 valence electrons. The molecule has 1 heterocycles. The van der Waals surface area contributed by atoms with E-state index in [1.54, 1.807) is 30.3 Å². The number of benzene rings is 2. The number of carbonyl (C=O) groups excluding carboxylic acids is 2. The number of aromatic nitrogens is 2. The van der Waals surface area contributed by atoms with E-state index in [1.807, 2.05) is 0 Å². The third kappa shape index (κ3) is 4.07. The van der Waals surface area contributed by atoms with E-state index in [2.05, 4.69) is 10.4 Å². The van der Waals surface area contributed by atoms with Crippen LogP contribution in [-0.2, 0) is 11.2 Å². The molecular weight excluding hydrogens is 373 g/mol. The molecule has 3 amide bonds. The van der Waals surface area contributed by atoms with Crippen LogP contribution in [0.1, 0.15) is 10.5 Å². The van der Waals surface area contributed by atoms with Gasteiger partial charge in [0.2, 0.25) is 0 Å². The summed E-state index contributed by atoms with van der Waals surface area (Å²) in [6.45, 7) is 0. The zero-order chi connectivity index (χ0) is 19.6. The summed E-state index contributed by atoms with van der Waals surface area (Å²) in [5, 5.41) is 6.30. The molecule has 5 N–H and O–H groups in total. The summed E-state index contributed by atoms with van der Waals surface area (Å²) < 4.78 is 27.1. The van der Waals surface area contributed by atoms with Gasteiger partial charge in [0.25, 0.3) is 5.91 Å². The summed E-state index contributed by atoms with van der Waals surface area (Å²) in [5.41, 5.74) is 10.7. The molecule has 10 heteroatoms. The predicted octanol–water partition coefficient (Wildman–Crippen LogP) is 1.77. The number of urea groups is 1. The molecule has 0 fully saturated rings. The van der Waals surface area contributed by atoms with Crippen LogP contribution in [0.3, 0.4) is 0 Å². The van der Waals surface area contributed by atoms with Crippen LogP contribution in [0.25, 0.3) is 5.69 Å². The van der Waals surface area contributed by atoms with Gasteiger partial charge in [0, 0.05) is 17.2 Å². The second-order valence-electron chi connectivity index (χ2n) is 5.41. The maximum absolute atomic E-state index is 13.3. The van der Waals surface area contributed by atoms with Crippen molar-refractivity contribution < 1.29 is 18.5 Å². The molecule has 0 saturated heterocycles. The van der Waals surface area contributed by atoms with Gasteiger partial charge >= 0.3 is 6.03 Å². The molecule has 0 aliphatic carbocycles. The molecule has 0 saturated carbocycles. The molecule has 3 rings (SSSR count). The van der Waals surface area contributed by atoms with Crippen LogP contribution in [-0.4, -0.2) is 26.3 Å². The number of nitrogens with one attached hydrogen (secondary N) is 1. The Morgan fingerprint density at radius 1 is 1.11 bits per heavy atom. The fraction of sp³-hybridized carbons (Fsp3) is 0. The van der Waals surface area contributed by atoms with Gasteiger partial charge < -0.3 is 21.3 Å². The van der Waals surface area contributed by atoms with Crippen molar-refractivity contribution in [3.05, 3.63) is 66.2 Å². The number of nitrogens with two attached hydrogens (primary N) is 2. The van der Waals surface area contributed by atoms with E-state index < -0.39 is 28.9 Å². The topological polar surface area (TPSA) is 139 Å². The number of primary amides is 2. The van der Waals surface area contributed by atoms with Gasteiger partial charge in [0.1, 0.15) is 5.82 Å². The lowest BCUT2D eigenvalue weighted by atomic mass is 10.3. The van der Waals surface area contributed by atoms with Crippen molar-refractivity contribution in [1.29, 1.82) is 0 Å². The van der Waals surface area contributed by atoms with Crippen molar-refractivity contribution in [3.63, 3.8) is 0 Å². The highest BCUT2D eigenvalue weighted by molar-refractivity contribution is 7.91. The van der Waals surface area contributed by atoms with Crippen molar-refractivity contribution in [2.24, 2.45) is 11.5 Å². The molecule has 0 bridgehead atoms. The lowest BCUT2D eigenvalue weighted by Crippen LogP contribution is -2.22. The first-order valence-corrected chi connectivity index (χ1v) is 8.74. The average molecular weight is 387 g/mol. The summed E-state index contributed by atoms with van der Waals surface area (Å²) in [7, 11) is 0. The Hall–Kier alpha value is -3.37. The van der Waals surface area contributed by atoms with Crippen molar-refractivity contribution in [2.75, 3.05) is 5.32 Å². The SMILES string of the molecule is NC(=O)Nc1cn(-c2ccc([S+]([O-])c3cccc(F)c3)cc2)nc1C(N)=O. The van der Waals surface area contributed by atoms with Gasteiger partial charge in [0.05, 0.1) is 17.6 Å². The summed E-state index contributed by atoms with van der Waals surface area (Å²) in [4.78, 5) is 23.3. The molecule has 2 aromatic carbocycles. The van der Waals surface area contributed by atoms with Crippen LogP contribution in [0.2, 0.25) is 0 Å².